The van der Waals surface area contributed by atoms with Crippen molar-refractivity contribution in [2.75, 3.05) is 20.1 Å². The third-order valence-electron chi connectivity index (χ3n) is 3.45. The molecule has 124 valence electrons. The van der Waals surface area contributed by atoms with Gasteiger partial charge < -0.3 is 10.6 Å². The van der Waals surface area contributed by atoms with E-state index in [0.717, 1.165) is 37.6 Å². The van der Waals surface area contributed by atoms with Crippen LogP contribution in [0.4, 0.5) is 0 Å². The van der Waals surface area contributed by atoms with Crippen LogP contribution < -0.4 is 10.6 Å². The largest absolute Gasteiger partial charge is 0.356 e. The first-order valence-corrected chi connectivity index (χ1v) is 7.53. The zero-order valence-electron chi connectivity index (χ0n) is 13.6. The van der Waals surface area contributed by atoms with Crippen molar-refractivity contribution >= 4 is 29.9 Å². The molecule has 0 saturated carbocycles. The van der Waals surface area contributed by atoms with Crippen molar-refractivity contribution in [3.63, 3.8) is 0 Å². The molecular formula is C17H24IN5. The van der Waals surface area contributed by atoms with Crippen LogP contribution >= 0.6 is 24.0 Å². The average Bonchev–Trinajstić information content (AvgIpc) is 2.56. The van der Waals surface area contributed by atoms with Crippen LogP contribution in [0.15, 0.2) is 47.8 Å². The molecule has 2 heterocycles. The number of pyridine rings is 2. The second-order valence-electron chi connectivity index (χ2n) is 5.05. The number of hydrogen-bond donors (Lipinski definition) is 2. The summed E-state index contributed by atoms with van der Waals surface area (Å²) in [6.45, 7) is 3.74. The van der Waals surface area contributed by atoms with Gasteiger partial charge in [-0.1, -0.05) is 6.07 Å². The Balaban J connectivity index is 0.00000264. The van der Waals surface area contributed by atoms with E-state index in [2.05, 4.69) is 38.6 Å². The zero-order valence-corrected chi connectivity index (χ0v) is 16.0. The molecule has 0 bridgehead atoms. The second-order valence-corrected chi connectivity index (χ2v) is 5.05. The van der Waals surface area contributed by atoms with E-state index >= 15 is 0 Å². The maximum absolute atomic E-state index is 4.31. The van der Waals surface area contributed by atoms with Crippen molar-refractivity contribution in [3.05, 3.63) is 59.7 Å². The number of aromatic nitrogens is 2. The summed E-state index contributed by atoms with van der Waals surface area (Å²) in [5.41, 5.74) is 3.62. The van der Waals surface area contributed by atoms with Gasteiger partial charge >= 0.3 is 0 Å². The van der Waals surface area contributed by atoms with Crippen LogP contribution in [0.25, 0.3) is 0 Å². The summed E-state index contributed by atoms with van der Waals surface area (Å²) in [5.74, 6) is 0.822. The smallest absolute Gasteiger partial charge is 0.190 e. The van der Waals surface area contributed by atoms with E-state index in [1.807, 2.05) is 36.8 Å². The van der Waals surface area contributed by atoms with E-state index in [4.69, 9.17) is 0 Å². The molecule has 0 aliphatic heterocycles. The number of rotatable bonds is 6. The number of nitrogens with one attached hydrogen (secondary N) is 2. The first-order valence-electron chi connectivity index (χ1n) is 7.53. The number of halogens is 1. The molecule has 0 atom stereocenters. The highest BCUT2D eigenvalue weighted by Gasteiger charge is 2.00. The summed E-state index contributed by atoms with van der Waals surface area (Å²) in [4.78, 5) is 12.7. The summed E-state index contributed by atoms with van der Waals surface area (Å²) in [7, 11) is 1.79. The Morgan fingerprint density at radius 3 is 2.52 bits per heavy atom. The van der Waals surface area contributed by atoms with Crippen molar-refractivity contribution < 1.29 is 0 Å². The highest BCUT2D eigenvalue weighted by molar-refractivity contribution is 14.0. The number of aliphatic imine (C=N–C) groups is 1. The maximum atomic E-state index is 4.31. The van der Waals surface area contributed by atoms with E-state index < -0.39 is 0 Å². The van der Waals surface area contributed by atoms with Gasteiger partial charge in [-0.3, -0.25) is 15.0 Å². The van der Waals surface area contributed by atoms with Crippen LogP contribution in [-0.2, 0) is 12.8 Å². The topological polar surface area (TPSA) is 62.2 Å². The quantitative estimate of drug-likeness (QED) is 0.424. The van der Waals surface area contributed by atoms with Crippen LogP contribution in [-0.4, -0.2) is 36.1 Å². The van der Waals surface area contributed by atoms with Gasteiger partial charge in [-0.2, -0.15) is 0 Å². The molecule has 6 heteroatoms. The lowest BCUT2D eigenvalue weighted by molar-refractivity contribution is 0.774. The minimum Gasteiger partial charge on any atom is -0.356 e. The van der Waals surface area contributed by atoms with Crippen LogP contribution in [0.3, 0.4) is 0 Å². The van der Waals surface area contributed by atoms with Gasteiger partial charge in [0.15, 0.2) is 5.96 Å². The Morgan fingerprint density at radius 1 is 1.09 bits per heavy atom. The van der Waals surface area contributed by atoms with E-state index in [-0.39, 0.29) is 24.0 Å². The normalized spacial score (nSPS) is 10.8. The summed E-state index contributed by atoms with van der Waals surface area (Å²) < 4.78 is 0. The first kappa shape index (κ1) is 19.3. The molecule has 0 saturated heterocycles. The molecule has 0 aliphatic rings. The molecule has 0 radical (unpaired) electrons. The Bertz CT molecular complexity index is 601. The summed E-state index contributed by atoms with van der Waals surface area (Å²) >= 11 is 0. The number of guanidine groups is 1. The summed E-state index contributed by atoms with van der Waals surface area (Å²) in [6.07, 6.45) is 7.39. The lowest BCUT2D eigenvalue weighted by atomic mass is 10.1. The van der Waals surface area contributed by atoms with Crippen LogP contribution in [0, 0.1) is 6.92 Å². The lowest BCUT2D eigenvalue weighted by Crippen LogP contribution is -2.39. The predicted molar refractivity (Wildman–Crippen MR) is 105 cm³/mol. The Hall–Kier alpha value is -1.70. The van der Waals surface area contributed by atoms with Gasteiger partial charge in [-0.15, -0.1) is 24.0 Å². The van der Waals surface area contributed by atoms with Gasteiger partial charge in [0.05, 0.1) is 0 Å². The Kier molecular flexibility index (Phi) is 9.20. The number of nitrogens with zero attached hydrogens (tertiary/aromatic N) is 3. The van der Waals surface area contributed by atoms with Gasteiger partial charge in [0.2, 0.25) is 0 Å². The molecule has 0 amide bonds. The van der Waals surface area contributed by atoms with Crippen LogP contribution in [0.2, 0.25) is 0 Å². The monoisotopic (exact) mass is 425 g/mol. The van der Waals surface area contributed by atoms with E-state index in [9.17, 15) is 0 Å². The molecule has 2 aromatic rings. The van der Waals surface area contributed by atoms with Crippen molar-refractivity contribution in [1.82, 2.24) is 20.6 Å². The molecule has 23 heavy (non-hydrogen) atoms. The third-order valence-corrected chi connectivity index (χ3v) is 3.45. The van der Waals surface area contributed by atoms with Gasteiger partial charge in [0, 0.05) is 50.8 Å². The molecule has 0 fully saturated rings. The van der Waals surface area contributed by atoms with Crippen molar-refractivity contribution in [2.24, 2.45) is 4.99 Å². The van der Waals surface area contributed by atoms with E-state index in [0.29, 0.717) is 0 Å². The van der Waals surface area contributed by atoms with Crippen LogP contribution in [0.1, 0.15) is 16.8 Å². The van der Waals surface area contributed by atoms with Crippen molar-refractivity contribution in [2.45, 2.75) is 19.8 Å². The lowest BCUT2D eigenvalue weighted by Gasteiger charge is -2.12. The predicted octanol–water partition coefficient (Wildman–Crippen LogP) is 2.35. The molecule has 2 aromatic heterocycles. The molecular weight excluding hydrogens is 401 g/mol. The van der Waals surface area contributed by atoms with Gasteiger partial charge in [0.25, 0.3) is 0 Å². The molecule has 0 aliphatic carbocycles. The second kappa shape index (κ2) is 10.9. The third kappa shape index (κ3) is 6.94. The molecule has 2 N–H and O–H groups in total. The van der Waals surface area contributed by atoms with E-state index in [1.54, 1.807) is 7.05 Å². The fourth-order valence-corrected chi connectivity index (χ4v) is 2.17. The fraction of sp³-hybridized carbons (Fsp3) is 0.353. The minimum absolute atomic E-state index is 0. The summed E-state index contributed by atoms with van der Waals surface area (Å²) in [6, 6.07) is 8.03. The number of hydrogen-bond acceptors (Lipinski definition) is 3. The van der Waals surface area contributed by atoms with Gasteiger partial charge in [-0.05, 0) is 42.7 Å². The number of aryl methyl sites for hydroxylation is 1. The molecule has 5 nitrogen and oxygen atoms in total. The fourth-order valence-electron chi connectivity index (χ4n) is 2.17. The molecule has 0 unspecified atom stereocenters. The molecule has 0 aromatic carbocycles. The highest BCUT2D eigenvalue weighted by atomic mass is 127. The van der Waals surface area contributed by atoms with Gasteiger partial charge in [0.1, 0.15) is 0 Å². The Labute approximate surface area is 155 Å². The van der Waals surface area contributed by atoms with Gasteiger partial charge in [-0.25, -0.2) is 0 Å². The zero-order chi connectivity index (χ0) is 15.6. The van der Waals surface area contributed by atoms with Crippen LogP contribution in [0.5, 0.6) is 0 Å². The molecule has 2 rings (SSSR count). The highest BCUT2D eigenvalue weighted by Crippen LogP contribution is 2.04. The van der Waals surface area contributed by atoms with Crippen molar-refractivity contribution in [1.29, 1.82) is 0 Å². The standard InChI is InChI=1S/C17H23N5.HI/c1-14-13-19-10-6-15(14)7-11-21-17(18-2)22-12-8-16-5-3-4-9-20-16;/h3-6,9-10,13H,7-8,11-12H2,1-2H3,(H2,18,21,22);1H. The average molecular weight is 425 g/mol. The molecule has 0 spiro atoms. The van der Waals surface area contributed by atoms with E-state index in [1.165, 1.54) is 11.1 Å². The minimum atomic E-state index is 0. The first-order chi connectivity index (χ1) is 10.8. The maximum Gasteiger partial charge on any atom is 0.190 e. The Morgan fingerprint density at radius 2 is 1.87 bits per heavy atom. The summed E-state index contributed by atoms with van der Waals surface area (Å²) in [5, 5.41) is 6.63. The SMILES string of the molecule is CN=C(NCCc1ccccn1)NCCc1ccncc1C.I. The van der Waals surface area contributed by atoms with Crippen molar-refractivity contribution in [3.8, 4) is 0 Å².